The van der Waals surface area contributed by atoms with E-state index in [1.54, 1.807) is 0 Å². The Morgan fingerprint density at radius 1 is 1.38 bits per heavy atom. The number of nitrogens with two attached hydrogens (primary N) is 1. The number of hydrogen-bond acceptors (Lipinski definition) is 4. The Kier molecular flexibility index (Phi) is 6.93. The Hall–Kier alpha value is -0.820. The first-order valence-corrected chi connectivity index (χ1v) is 8.86. The zero-order valence-electron chi connectivity index (χ0n) is 12.3. The lowest BCUT2D eigenvalue weighted by molar-refractivity contribution is 0.142. The van der Waals surface area contributed by atoms with E-state index >= 15 is 0 Å². The van der Waals surface area contributed by atoms with Crippen molar-refractivity contribution in [1.82, 2.24) is 9.62 Å². The fourth-order valence-corrected chi connectivity index (χ4v) is 3.17. The number of benzene rings is 1. The minimum Gasteiger partial charge on any atom is -0.399 e. The van der Waals surface area contributed by atoms with Crippen LogP contribution in [0.1, 0.15) is 24.8 Å². The number of anilines is 1. The van der Waals surface area contributed by atoms with E-state index in [0.717, 1.165) is 38.0 Å². The number of halogens is 1. The first-order valence-electron chi connectivity index (χ1n) is 6.97. The first-order chi connectivity index (χ1) is 9.44. The van der Waals surface area contributed by atoms with E-state index in [9.17, 15) is 8.42 Å². The smallest absolute Gasteiger partial charge is 0.208 e. The largest absolute Gasteiger partial charge is 0.399 e. The van der Waals surface area contributed by atoms with Crippen LogP contribution in [-0.2, 0) is 16.6 Å². The fraction of sp³-hybridized carbons (Fsp3) is 0.571. The summed E-state index contributed by atoms with van der Waals surface area (Å²) in [6, 6.07) is 8.14. The lowest BCUT2D eigenvalue weighted by atomic mass is 10.0. The molecule has 0 aromatic heterocycles. The number of likely N-dealkylation sites (tertiary alicyclic amines) is 1. The molecule has 1 unspecified atom stereocenters. The van der Waals surface area contributed by atoms with Gasteiger partial charge in [0.25, 0.3) is 0 Å². The SMILES string of the molecule is CS(=O)(=O)NCC1CCCCN1Cc1cccc(N)c1.Cl. The summed E-state index contributed by atoms with van der Waals surface area (Å²) in [7, 11) is -3.12. The second-order valence-corrected chi connectivity index (χ2v) is 7.32. The summed E-state index contributed by atoms with van der Waals surface area (Å²) >= 11 is 0. The highest BCUT2D eigenvalue weighted by Gasteiger charge is 2.23. The molecule has 1 fully saturated rings. The molecule has 3 N–H and O–H groups in total. The van der Waals surface area contributed by atoms with Gasteiger partial charge in [-0.1, -0.05) is 18.6 Å². The summed E-state index contributed by atoms with van der Waals surface area (Å²) in [5.74, 6) is 0. The first kappa shape index (κ1) is 18.2. The summed E-state index contributed by atoms with van der Waals surface area (Å²) in [5.41, 5.74) is 7.75. The maximum Gasteiger partial charge on any atom is 0.208 e. The van der Waals surface area contributed by atoms with E-state index in [4.69, 9.17) is 5.73 Å². The van der Waals surface area contributed by atoms with Crippen LogP contribution in [0, 0.1) is 0 Å². The van der Waals surface area contributed by atoms with Crippen molar-refractivity contribution in [3.05, 3.63) is 29.8 Å². The average Bonchev–Trinajstić information content (AvgIpc) is 2.37. The van der Waals surface area contributed by atoms with Gasteiger partial charge in [-0.25, -0.2) is 13.1 Å². The monoisotopic (exact) mass is 333 g/mol. The maximum absolute atomic E-state index is 11.2. The highest BCUT2D eigenvalue weighted by atomic mass is 35.5. The molecule has 1 heterocycles. The van der Waals surface area contributed by atoms with Crippen molar-refractivity contribution in [2.24, 2.45) is 0 Å². The highest BCUT2D eigenvalue weighted by Crippen LogP contribution is 2.20. The van der Waals surface area contributed by atoms with Gasteiger partial charge in [0.05, 0.1) is 6.26 Å². The average molecular weight is 334 g/mol. The summed E-state index contributed by atoms with van der Waals surface area (Å²) in [6.45, 7) is 2.31. The Morgan fingerprint density at radius 2 is 2.14 bits per heavy atom. The molecular weight excluding hydrogens is 310 g/mol. The van der Waals surface area contributed by atoms with Crippen molar-refractivity contribution in [3.63, 3.8) is 0 Å². The van der Waals surface area contributed by atoms with Crippen LogP contribution in [0.3, 0.4) is 0 Å². The fourth-order valence-electron chi connectivity index (χ4n) is 2.67. The number of hydrogen-bond donors (Lipinski definition) is 2. The second-order valence-electron chi connectivity index (χ2n) is 5.49. The molecule has 1 aliphatic rings. The molecule has 0 amide bonds. The summed E-state index contributed by atoms with van der Waals surface area (Å²) in [5, 5.41) is 0. The molecular formula is C14H24ClN3O2S. The van der Waals surface area contributed by atoms with Crippen LogP contribution in [0.2, 0.25) is 0 Å². The van der Waals surface area contributed by atoms with Crippen LogP contribution in [-0.4, -0.2) is 38.7 Å². The highest BCUT2D eigenvalue weighted by molar-refractivity contribution is 7.88. The Bertz CT molecular complexity index is 551. The molecule has 120 valence electrons. The number of piperidine rings is 1. The minimum absolute atomic E-state index is 0. The van der Waals surface area contributed by atoms with Gasteiger partial charge in [0.15, 0.2) is 0 Å². The molecule has 0 aliphatic carbocycles. The van der Waals surface area contributed by atoms with Crippen molar-refractivity contribution in [3.8, 4) is 0 Å². The van der Waals surface area contributed by atoms with Crippen molar-refractivity contribution in [2.75, 3.05) is 25.1 Å². The van der Waals surface area contributed by atoms with Gasteiger partial charge in [-0.2, -0.15) is 0 Å². The summed E-state index contributed by atoms with van der Waals surface area (Å²) < 4.78 is 25.1. The predicted octanol–water partition coefficient (Wildman–Crippen LogP) is 1.59. The van der Waals surface area contributed by atoms with Gasteiger partial charge in [-0.05, 0) is 37.1 Å². The second kappa shape index (κ2) is 7.98. The number of nitrogens with one attached hydrogen (secondary N) is 1. The molecule has 1 saturated heterocycles. The Morgan fingerprint density at radius 3 is 2.81 bits per heavy atom. The summed E-state index contributed by atoms with van der Waals surface area (Å²) in [4.78, 5) is 2.34. The summed E-state index contributed by atoms with van der Waals surface area (Å²) in [6.07, 6.45) is 4.56. The van der Waals surface area contributed by atoms with Gasteiger partial charge in [0, 0.05) is 24.8 Å². The third kappa shape index (κ3) is 6.22. The molecule has 7 heteroatoms. The zero-order valence-corrected chi connectivity index (χ0v) is 13.9. The van der Waals surface area contributed by atoms with Crippen LogP contribution >= 0.6 is 12.4 Å². The van der Waals surface area contributed by atoms with Gasteiger partial charge >= 0.3 is 0 Å². The minimum atomic E-state index is -3.12. The molecule has 1 aromatic carbocycles. The van der Waals surface area contributed by atoms with E-state index in [-0.39, 0.29) is 18.4 Å². The van der Waals surface area contributed by atoms with Crippen molar-refractivity contribution in [1.29, 1.82) is 0 Å². The standard InChI is InChI=1S/C14H23N3O2S.ClH/c1-20(18,19)16-10-14-7-2-3-8-17(14)11-12-5-4-6-13(15)9-12;/h4-6,9,14,16H,2-3,7-8,10-11,15H2,1H3;1H. The number of rotatable bonds is 5. The van der Waals surface area contributed by atoms with Crippen LogP contribution in [0.4, 0.5) is 5.69 Å². The van der Waals surface area contributed by atoms with Crippen LogP contribution in [0.15, 0.2) is 24.3 Å². The molecule has 5 nitrogen and oxygen atoms in total. The third-order valence-electron chi connectivity index (χ3n) is 3.67. The van der Waals surface area contributed by atoms with E-state index in [1.807, 2.05) is 18.2 Å². The van der Waals surface area contributed by atoms with Crippen LogP contribution in [0.25, 0.3) is 0 Å². The molecule has 1 aromatic rings. The number of nitrogens with zero attached hydrogens (tertiary/aromatic N) is 1. The molecule has 2 rings (SSSR count). The third-order valence-corrected chi connectivity index (χ3v) is 4.36. The molecule has 21 heavy (non-hydrogen) atoms. The Labute approximate surface area is 133 Å². The van der Waals surface area contributed by atoms with Crippen molar-refractivity contribution >= 4 is 28.1 Å². The number of sulfonamides is 1. The van der Waals surface area contributed by atoms with Crippen molar-refractivity contribution in [2.45, 2.75) is 31.8 Å². The van der Waals surface area contributed by atoms with Crippen LogP contribution < -0.4 is 10.5 Å². The quantitative estimate of drug-likeness (QED) is 0.802. The Balaban J connectivity index is 0.00000220. The lowest BCUT2D eigenvalue weighted by Gasteiger charge is -2.35. The van der Waals surface area contributed by atoms with E-state index < -0.39 is 10.0 Å². The van der Waals surface area contributed by atoms with Gasteiger partial charge in [-0.3, -0.25) is 4.90 Å². The van der Waals surface area contributed by atoms with Gasteiger partial charge in [0.1, 0.15) is 0 Å². The molecule has 0 bridgehead atoms. The van der Waals surface area contributed by atoms with E-state index in [0.29, 0.717) is 6.54 Å². The predicted molar refractivity (Wildman–Crippen MR) is 89.0 cm³/mol. The zero-order chi connectivity index (χ0) is 14.6. The number of nitrogen functional groups attached to an aromatic ring is 1. The molecule has 0 saturated carbocycles. The topological polar surface area (TPSA) is 75.4 Å². The van der Waals surface area contributed by atoms with Gasteiger partial charge < -0.3 is 5.73 Å². The maximum atomic E-state index is 11.2. The lowest BCUT2D eigenvalue weighted by Crippen LogP contribution is -2.46. The van der Waals surface area contributed by atoms with E-state index in [2.05, 4.69) is 15.7 Å². The van der Waals surface area contributed by atoms with E-state index in [1.165, 1.54) is 11.8 Å². The molecule has 1 aliphatic heterocycles. The molecule has 0 radical (unpaired) electrons. The molecule has 0 spiro atoms. The van der Waals surface area contributed by atoms with Gasteiger partial charge in [0.2, 0.25) is 10.0 Å². The van der Waals surface area contributed by atoms with Crippen LogP contribution in [0.5, 0.6) is 0 Å². The van der Waals surface area contributed by atoms with Gasteiger partial charge in [-0.15, -0.1) is 12.4 Å². The normalized spacial score (nSPS) is 20.0. The molecule has 1 atom stereocenters. The van der Waals surface area contributed by atoms with Crippen molar-refractivity contribution < 1.29 is 8.42 Å².